The van der Waals surface area contributed by atoms with Gasteiger partial charge in [0.1, 0.15) is 0 Å². The van der Waals surface area contributed by atoms with Crippen molar-refractivity contribution in [2.24, 2.45) is 0 Å². The summed E-state index contributed by atoms with van der Waals surface area (Å²) in [5.41, 5.74) is 1.81. The van der Waals surface area contributed by atoms with Gasteiger partial charge >= 0.3 is 5.97 Å². The van der Waals surface area contributed by atoms with E-state index in [0.717, 1.165) is 13.0 Å². The Bertz CT molecular complexity index is 311. The van der Waals surface area contributed by atoms with Gasteiger partial charge in [-0.1, -0.05) is 24.1 Å². The van der Waals surface area contributed by atoms with Crippen molar-refractivity contribution in [3.05, 3.63) is 35.4 Å². The molecule has 0 aliphatic heterocycles. The van der Waals surface area contributed by atoms with Gasteiger partial charge in [0.05, 0.1) is 12.7 Å². The molecule has 0 amide bonds. The van der Waals surface area contributed by atoms with Crippen LogP contribution in [0, 0.1) is 0 Å². The van der Waals surface area contributed by atoms with E-state index in [-0.39, 0.29) is 5.97 Å². The molecule has 0 saturated carbocycles. The van der Waals surface area contributed by atoms with Gasteiger partial charge in [0.25, 0.3) is 0 Å². The maximum atomic E-state index is 11.1. The fourth-order valence-corrected chi connectivity index (χ4v) is 1.53. The number of ether oxygens (including phenoxy) is 1. The van der Waals surface area contributed by atoms with Gasteiger partial charge in [-0.3, -0.25) is 4.72 Å². The zero-order valence-electron chi connectivity index (χ0n) is 8.95. The van der Waals surface area contributed by atoms with Crippen LogP contribution in [-0.4, -0.2) is 25.9 Å². The van der Waals surface area contributed by atoms with Crippen LogP contribution in [0.5, 0.6) is 0 Å². The van der Waals surface area contributed by atoms with Crippen molar-refractivity contribution in [2.45, 2.75) is 6.42 Å². The second-order valence-electron chi connectivity index (χ2n) is 3.04. The summed E-state index contributed by atoms with van der Waals surface area (Å²) in [7, 11) is 1.39. The molecule has 0 aromatic heterocycles. The third-order valence-corrected chi connectivity index (χ3v) is 2.53. The van der Waals surface area contributed by atoms with Gasteiger partial charge in [-0.05, 0) is 30.4 Å². The molecule has 1 N–H and O–H groups in total. The lowest BCUT2D eigenvalue weighted by Gasteiger charge is -2.03. The Morgan fingerprint density at radius 2 is 2.07 bits per heavy atom. The van der Waals surface area contributed by atoms with Gasteiger partial charge in [0.2, 0.25) is 0 Å². The number of hydrogen-bond donors (Lipinski definition) is 1. The van der Waals surface area contributed by atoms with E-state index in [1.54, 1.807) is 24.1 Å². The Labute approximate surface area is 94.3 Å². The van der Waals surface area contributed by atoms with Gasteiger partial charge in [0.15, 0.2) is 0 Å². The van der Waals surface area contributed by atoms with Crippen molar-refractivity contribution in [3.63, 3.8) is 0 Å². The van der Waals surface area contributed by atoms with Crippen LogP contribution in [0.3, 0.4) is 0 Å². The topological polar surface area (TPSA) is 38.3 Å². The Balaban J connectivity index is 2.52. The molecule has 0 atom stereocenters. The summed E-state index contributed by atoms with van der Waals surface area (Å²) in [6, 6.07) is 7.49. The first-order chi connectivity index (χ1) is 7.27. The van der Waals surface area contributed by atoms with Crippen molar-refractivity contribution in [3.8, 4) is 0 Å². The van der Waals surface area contributed by atoms with Gasteiger partial charge in [0, 0.05) is 6.54 Å². The van der Waals surface area contributed by atoms with E-state index in [2.05, 4.69) is 9.46 Å². The normalized spacial score (nSPS) is 10.0. The lowest BCUT2D eigenvalue weighted by molar-refractivity contribution is 0.0600. The van der Waals surface area contributed by atoms with Crippen LogP contribution in [0.2, 0.25) is 0 Å². The first-order valence-electron chi connectivity index (χ1n) is 4.71. The van der Waals surface area contributed by atoms with E-state index in [1.165, 1.54) is 12.7 Å². The number of rotatable bonds is 5. The quantitative estimate of drug-likeness (QED) is 0.472. The molecule has 0 aliphatic carbocycles. The lowest BCUT2D eigenvalue weighted by Crippen LogP contribution is -2.08. The highest BCUT2D eigenvalue weighted by Gasteiger charge is 2.03. The van der Waals surface area contributed by atoms with E-state index >= 15 is 0 Å². The molecule has 0 unspecified atom stereocenters. The minimum absolute atomic E-state index is 0.288. The van der Waals surface area contributed by atoms with Gasteiger partial charge in [-0.25, -0.2) is 4.79 Å². The third-order valence-electron chi connectivity index (χ3n) is 2.04. The molecule has 4 heteroatoms. The molecule has 0 aliphatic rings. The van der Waals surface area contributed by atoms with E-state index in [4.69, 9.17) is 0 Å². The number of carbonyl (C=O) groups excluding carboxylic acids is 1. The second-order valence-corrected chi connectivity index (χ2v) is 3.73. The van der Waals surface area contributed by atoms with Crippen LogP contribution < -0.4 is 4.72 Å². The molecule has 0 bridgehead atoms. The first kappa shape index (κ1) is 12.1. The molecule has 82 valence electrons. The number of benzene rings is 1. The monoisotopic (exact) mass is 225 g/mol. The molecule has 15 heavy (non-hydrogen) atoms. The zero-order chi connectivity index (χ0) is 11.1. The van der Waals surface area contributed by atoms with Crippen LogP contribution in [0.25, 0.3) is 0 Å². The van der Waals surface area contributed by atoms with E-state index in [9.17, 15) is 4.79 Å². The van der Waals surface area contributed by atoms with Crippen molar-refractivity contribution in [1.82, 2.24) is 4.72 Å². The number of hydrogen-bond acceptors (Lipinski definition) is 4. The summed E-state index contributed by atoms with van der Waals surface area (Å²) >= 11 is 1.61. The first-order valence-corrected chi connectivity index (χ1v) is 5.93. The maximum absolute atomic E-state index is 11.1. The molecule has 0 radical (unpaired) electrons. The molecule has 1 aromatic carbocycles. The number of esters is 1. The highest BCUT2D eigenvalue weighted by atomic mass is 32.2. The summed E-state index contributed by atoms with van der Waals surface area (Å²) in [5.74, 6) is -0.288. The van der Waals surface area contributed by atoms with Crippen LogP contribution in [0.15, 0.2) is 24.3 Å². The minimum Gasteiger partial charge on any atom is -0.465 e. The third kappa shape index (κ3) is 3.93. The van der Waals surface area contributed by atoms with E-state index < -0.39 is 0 Å². The van der Waals surface area contributed by atoms with Crippen LogP contribution in [0.4, 0.5) is 0 Å². The Morgan fingerprint density at radius 1 is 1.40 bits per heavy atom. The van der Waals surface area contributed by atoms with Crippen LogP contribution in [0.1, 0.15) is 15.9 Å². The number of carbonyl (C=O) groups is 1. The standard InChI is InChI=1S/C11H15NO2S/c1-14-11(13)10-5-3-9(4-6-10)7-8-12-15-2/h3-6,12H,7-8H2,1-2H3. The van der Waals surface area contributed by atoms with Crippen LogP contribution in [-0.2, 0) is 11.2 Å². The predicted molar refractivity (Wildman–Crippen MR) is 63.0 cm³/mol. The number of nitrogens with one attached hydrogen (secondary N) is 1. The zero-order valence-corrected chi connectivity index (χ0v) is 9.76. The summed E-state index contributed by atoms with van der Waals surface area (Å²) in [5, 5.41) is 0. The molecule has 0 saturated heterocycles. The predicted octanol–water partition coefficient (Wildman–Crippen LogP) is 1.88. The van der Waals surface area contributed by atoms with Crippen molar-refractivity contribution >= 4 is 17.9 Å². The Morgan fingerprint density at radius 3 is 2.60 bits per heavy atom. The van der Waals surface area contributed by atoms with Crippen molar-refractivity contribution < 1.29 is 9.53 Å². The molecule has 1 rings (SSSR count). The summed E-state index contributed by atoms with van der Waals surface area (Å²) in [6.07, 6.45) is 2.96. The molecular formula is C11H15NO2S. The summed E-state index contributed by atoms with van der Waals surface area (Å²) in [4.78, 5) is 11.1. The van der Waals surface area contributed by atoms with E-state index in [0.29, 0.717) is 5.56 Å². The molecule has 0 spiro atoms. The highest BCUT2D eigenvalue weighted by molar-refractivity contribution is 7.96. The molecule has 0 fully saturated rings. The molecule has 1 aromatic rings. The van der Waals surface area contributed by atoms with E-state index in [1.807, 2.05) is 18.4 Å². The number of methoxy groups -OCH3 is 1. The van der Waals surface area contributed by atoms with Gasteiger partial charge in [-0.2, -0.15) is 0 Å². The summed E-state index contributed by atoms with van der Waals surface area (Å²) < 4.78 is 7.79. The second kappa shape index (κ2) is 6.48. The average molecular weight is 225 g/mol. The summed E-state index contributed by atoms with van der Waals surface area (Å²) in [6.45, 7) is 0.929. The van der Waals surface area contributed by atoms with Crippen molar-refractivity contribution in [2.75, 3.05) is 19.9 Å². The smallest absolute Gasteiger partial charge is 0.337 e. The maximum Gasteiger partial charge on any atom is 0.337 e. The molecular weight excluding hydrogens is 210 g/mol. The Kier molecular flexibility index (Phi) is 5.21. The molecule has 0 heterocycles. The minimum atomic E-state index is -0.288. The lowest BCUT2D eigenvalue weighted by atomic mass is 10.1. The fraction of sp³-hybridized carbons (Fsp3) is 0.364. The fourth-order valence-electron chi connectivity index (χ4n) is 1.22. The van der Waals surface area contributed by atoms with Gasteiger partial charge < -0.3 is 4.74 Å². The van der Waals surface area contributed by atoms with Crippen LogP contribution >= 0.6 is 11.9 Å². The average Bonchev–Trinajstić information content (AvgIpc) is 2.29. The molecule has 3 nitrogen and oxygen atoms in total. The van der Waals surface area contributed by atoms with Crippen molar-refractivity contribution in [1.29, 1.82) is 0 Å². The largest absolute Gasteiger partial charge is 0.465 e. The SMILES string of the molecule is COC(=O)c1ccc(CCNSC)cc1. The van der Waals surface area contributed by atoms with Gasteiger partial charge in [-0.15, -0.1) is 0 Å². The highest BCUT2D eigenvalue weighted by Crippen LogP contribution is 2.06. The Hall–Kier alpha value is -1.00.